The molecule has 1 aromatic carbocycles. The number of allylic oxidation sites excluding steroid dienone is 3. The summed E-state index contributed by atoms with van der Waals surface area (Å²) in [7, 11) is 0. The van der Waals surface area contributed by atoms with Crippen LogP contribution >= 0.6 is 0 Å². The monoisotopic (exact) mass is 439 g/mol. The highest BCUT2D eigenvalue weighted by molar-refractivity contribution is 6.03. The van der Waals surface area contributed by atoms with Gasteiger partial charge in [0.2, 0.25) is 0 Å². The lowest BCUT2D eigenvalue weighted by Gasteiger charge is -2.32. The third kappa shape index (κ3) is 6.42. The van der Waals surface area contributed by atoms with Crippen molar-refractivity contribution in [3.63, 3.8) is 0 Å². The first-order valence-electron chi connectivity index (χ1n) is 9.53. The average molecular weight is 439 g/mol. The van der Waals surface area contributed by atoms with Crippen molar-refractivity contribution in [2.45, 2.75) is 26.4 Å². The van der Waals surface area contributed by atoms with E-state index in [-0.39, 0.29) is 29.1 Å². The molecule has 168 valence electrons. The zero-order chi connectivity index (χ0) is 23.2. The molecule has 1 saturated heterocycles. The lowest BCUT2D eigenvalue weighted by Crippen LogP contribution is -2.37. The zero-order valence-electron chi connectivity index (χ0n) is 17.3. The van der Waals surface area contributed by atoms with Gasteiger partial charge in [-0.05, 0) is 26.0 Å². The van der Waals surface area contributed by atoms with E-state index in [2.05, 4.69) is 11.9 Å². The van der Waals surface area contributed by atoms with Gasteiger partial charge in [0.1, 0.15) is 0 Å². The number of aryl methyl sites for hydroxylation is 1. The van der Waals surface area contributed by atoms with E-state index in [0.29, 0.717) is 31.9 Å². The quantitative estimate of drug-likeness (QED) is 0.222. The molecule has 7 nitrogen and oxygen atoms in total. The molecular formula is C21H24F3N3O4. The van der Waals surface area contributed by atoms with Crippen molar-refractivity contribution in [2.24, 2.45) is 0 Å². The molecule has 1 aliphatic heterocycles. The number of nitro benzene ring substituents is 1. The molecule has 0 spiro atoms. The summed E-state index contributed by atoms with van der Waals surface area (Å²) in [6, 6.07) is 4.07. The Morgan fingerprint density at radius 3 is 2.55 bits per heavy atom. The number of amides is 1. The fourth-order valence-corrected chi connectivity index (χ4v) is 3.10. The van der Waals surface area contributed by atoms with Gasteiger partial charge in [0.15, 0.2) is 0 Å². The van der Waals surface area contributed by atoms with Crippen molar-refractivity contribution in [2.75, 3.05) is 31.6 Å². The van der Waals surface area contributed by atoms with Gasteiger partial charge in [-0.2, -0.15) is 13.2 Å². The molecule has 0 saturated carbocycles. The predicted molar refractivity (Wildman–Crippen MR) is 111 cm³/mol. The number of benzene rings is 1. The molecule has 1 N–H and O–H groups in total. The predicted octanol–water partition coefficient (Wildman–Crippen LogP) is 4.51. The fourth-order valence-electron chi connectivity index (χ4n) is 3.10. The molecule has 1 aromatic rings. The Hall–Kier alpha value is -3.14. The highest BCUT2D eigenvalue weighted by atomic mass is 19.4. The Morgan fingerprint density at radius 1 is 1.35 bits per heavy atom. The molecule has 1 heterocycles. The molecule has 31 heavy (non-hydrogen) atoms. The number of carbonyl (C=O) groups excluding carboxylic acids is 1. The van der Waals surface area contributed by atoms with Crippen LogP contribution in [0.15, 0.2) is 53.8 Å². The summed E-state index contributed by atoms with van der Waals surface area (Å²) >= 11 is 0. The number of alkyl halides is 3. The number of morpholine rings is 1. The van der Waals surface area contributed by atoms with Crippen molar-refractivity contribution in [3.05, 3.63) is 69.5 Å². The summed E-state index contributed by atoms with van der Waals surface area (Å²) in [5.74, 6) is -0.792. The van der Waals surface area contributed by atoms with Gasteiger partial charge in [-0.15, -0.1) is 6.58 Å². The minimum Gasteiger partial charge on any atom is -0.378 e. The Balaban J connectivity index is 2.38. The summed E-state index contributed by atoms with van der Waals surface area (Å²) in [4.78, 5) is 24.6. The van der Waals surface area contributed by atoms with Gasteiger partial charge >= 0.3 is 6.18 Å². The van der Waals surface area contributed by atoms with Crippen LogP contribution < -0.4 is 5.32 Å². The van der Waals surface area contributed by atoms with Crippen molar-refractivity contribution in [1.82, 2.24) is 4.90 Å². The third-order valence-electron chi connectivity index (χ3n) is 4.73. The van der Waals surface area contributed by atoms with E-state index in [1.165, 1.54) is 25.1 Å². The number of nitro groups is 1. The van der Waals surface area contributed by atoms with Crippen LogP contribution in [0.3, 0.4) is 0 Å². The van der Waals surface area contributed by atoms with Gasteiger partial charge in [-0.1, -0.05) is 12.1 Å². The number of rotatable bonds is 7. The molecule has 0 unspecified atom stereocenters. The summed E-state index contributed by atoms with van der Waals surface area (Å²) in [6.07, 6.45) is -2.54. The Bertz CT molecular complexity index is 917. The van der Waals surface area contributed by atoms with Gasteiger partial charge in [-0.25, -0.2) is 0 Å². The molecule has 1 amide bonds. The molecule has 1 aliphatic rings. The molecular weight excluding hydrogens is 415 g/mol. The number of carbonyl (C=O) groups is 1. The van der Waals surface area contributed by atoms with Crippen molar-refractivity contribution >= 4 is 17.3 Å². The number of halogens is 3. The topological polar surface area (TPSA) is 84.7 Å². The van der Waals surface area contributed by atoms with Crippen LogP contribution in [0.1, 0.15) is 18.9 Å². The fraction of sp³-hybridized carbons (Fsp3) is 0.381. The second kappa shape index (κ2) is 10.3. The minimum absolute atomic E-state index is 0.0175. The third-order valence-corrected chi connectivity index (χ3v) is 4.73. The van der Waals surface area contributed by atoms with Crippen molar-refractivity contribution < 1.29 is 27.6 Å². The van der Waals surface area contributed by atoms with Crippen LogP contribution in [-0.2, 0) is 9.53 Å². The molecule has 2 rings (SSSR count). The van der Waals surface area contributed by atoms with Gasteiger partial charge in [0.25, 0.3) is 11.6 Å². The molecule has 1 fully saturated rings. The molecule has 0 aliphatic carbocycles. The Labute approximate surface area is 178 Å². The second-order valence-corrected chi connectivity index (χ2v) is 6.99. The van der Waals surface area contributed by atoms with E-state index in [1.54, 1.807) is 11.8 Å². The van der Waals surface area contributed by atoms with Crippen molar-refractivity contribution in [3.8, 4) is 0 Å². The van der Waals surface area contributed by atoms with E-state index < -0.39 is 22.6 Å². The number of anilines is 1. The molecule has 0 bridgehead atoms. The minimum atomic E-state index is -4.69. The van der Waals surface area contributed by atoms with Crippen molar-refractivity contribution in [1.29, 1.82) is 0 Å². The van der Waals surface area contributed by atoms with Gasteiger partial charge in [-0.3, -0.25) is 14.9 Å². The summed E-state index contributed by atoms with van der Waals surface area (Å²) in [6.45, 7) is 7.56. The number of hydrogen-bond donors (Lipinski definition) is 1. The van der Waals surface area contributed by atoms with Gasteiger partial charge in [0.05, 0.1) is 23.7 Å². The Morgan fingerprint density at radius 2 is 2.00 bits per heavy atom. The maximum Gasteiger partial charge on any atom is 0.418 e. The smallest absolute Gasteiger partial charge is 0.378 e. The normalized spacial score (nSPS) is 15.9. The van der Waals surface area contributed by atoms with Gasteiger partial charge < -0.3 is 15.0 Å². The first-order chi connectivity index (χ1) is 14.5. The SMILES string of the molecule is C=CC/C(=C(\C=C(/C)C(=O)Nc1ccc(C)c([N+](=O)[O-])c1)C(F)(F)F)N1CCOCC1. The van der Waals surface area contributed by atoms with E-state index in [9.17, 15) is 28.1 Å². The van der Waals surface area contributed by atoms with E-state index >= 15 is 0 Å². The van der Waals surface area contributed by atoms with E-state index in [4.69, 9.17) is 4.74 Å². The number of nitrogens with one attached hydrogen (secondary N) is 1. The van der Waals surface area contributed by atoms with Crippen LogP contribution in [0.5, 0.6) is 0 Å². The Kier molecular flexibility index (Phi) is 7.98. The first kappa shape index (κ1) is 24.1. The molecule has 0 aromatic heterocycles. The maximum absolute atomic E-state index is 13.9. The van der Waals surface area contributed by atoms with E-state index in [1.807, 2.05) is 0 Å². The van der Waals surface area contributed by atoms with Crippen LogP contribution in [0, 0.1) is 17.0 Å². The zero-order valence-corrected chi connectivity index (χ0v) is 17.3. The summed E-state index contributed by atoms with van der Waals surface area (Å²) in [5.41, 5.74) is -0.786. The lowest BCUT2D eigenvalue weighted by atomic mass is 10.0. The first-order valence-corrected chi connectivity index (χ1v) is 9.53. The van der Waals surface area contributed by atoms with Crippen LogP contribution in [0.25, 0.3) is 0 Å². The number of ether oxygens (including phenoxy) is 1. The summed E-state index contributed by atoms with van der Waals surface area (Å²) in [5, 5.41) is 13.5. The lowest BCUT2D eigenvalue weighted by molar-refractivity contribution is -0.385. The molecule has 0 radical (unpaired) electrons. The van der Waals surface area contributed by atoms with Gasteiger partial charge in [0, 0.05) is 48.1 Å². The second-order valence-electron chi connectivity index (χ2n) is 6.99. The van der Waals surface area contributed by atoms with Crippen LogP contribution in [-0.4, -0.2) is 48.2 Å². The average Bonchev–Trinajstić information content (AvgIpc) is 2.71. The van der Waals surface area contributed by atoms with Crippen LogP contribution in [0.2, 0.25) is 0 Å². The molecule has 0 atom stereocenters. The number of nitrogens with zero attached hydrogens (tertiary/aromatic N) is 2. The molecule has 10 heteroatoms. The largest absolute Gasteiger partial charge is 0.418 e. The highest BCUT2D eigenvalue weighted by Gasteiger charge is 2.36. The van der Waals surface area contributed by atoms with E-state index in [0.717, 1.165) is 12.1 Å². The van der Waals surface area contributed by atoms with Crippen LogP contribution in [0.4, 0.5) is 24.5 Å². The highest BCUT2D eigenvalue weighted by Crippen LogP contribution is 2.33. The number of hydrogen-bond acceptors (Lipinski definition) is 5. The summed E-state index contributed by atoms with van der Waals surface area (Å²) < 4.78 is 46.9. The maximum atomic E-state index is 13.9. The standard InChI is InChI=1S/C21H24F3N3O4/c1-4-5-18(26-8-10-31-11-9-26)17(21(22,23)24)12-15(3)20(28)25-16-7-6-14(2)19(13-16)27(29)30/h4,6-7,12-13H,1,5,8-11H2,2-3H3,(H,25,28)/b15-12+,18-17-.